The van der Waals surface area contributed by atoms with E-state index in [2.05, 4.69) is 21.0 Å². The van der Waals surface area contributed by atoms with Gasteiger partial charge in [-0.25, -0.2) is 4.68 Å². The number of nitrogens with zero attached hydrogens (tertiary/aromatic N) is 2. The molecule has 7 nitrogen and oxygen atoms in total. The van der Waals surface area contributed by atoms with E-state index in [0.717, 1.165) is 33.5 Å². The second-order valence-electron chi connectivity index (χ2n) is 9.92. The van der Waals surface area contributed by atoms with Gasteiger partial charge >= 0.3 is 0 Å². The van der Waals surface area contributed by atoms with Crippen molar-refractivity contribution in [3.63, 3.8) is 0 Å². The predicted molar refractivity (Wildman–Crippen MR) is 152 cm³/mol. The molecule has 0 radical (unpaired) electrons. The summed E-state index contributed by atoms with van der Waals surface area (Å²) in [7, 11) is 0. The summed E-state index contributed by atoms with van der Waals surface area (Å²) in [4.78, 5) is 27.0. The Hall–Kier alpha value is -4.65. The van der Waals surface area contributed by atoms with Crippen molar-refractivity contribution in [2.24, 2.45) is 0 Å². The zero-order chi connectivity index (χ0) is 27.0. The second-order valence-corrected chi connectivity index (χ2v) is 9.92. The fourth-order valence-electron chi connectivity index (χ4n) is 4.84. The molecule has 192 valence electrons. The number of aryl methyl sites for hydroxylation is 4. The number of nitrogens with one attached hydrogen (secondary N) is 3. The molecule has 1 aliphatic heterocycles. The van der Waals surface area contributed by atoms with E-state index in [1.54, 1.807) is 10.9 Å². The van der Waals surface area contributed by atoms with Gasteiger partial charge in [0.1, 0.15) is 17.4 Å². The predicted octanol–water partition coefficient (Wildman–Crippen LogP) is 6.30. The second kappa shape index (κ2) is 10.0. The molecule has 0 saturated heterocycles. The number of amides is 2. The zero-order valence-electron chi connectivity index (χ0n) is 22.2. The summed E-state index contributed by atoms with van der Waals surface area (Å²) >= 11 is 0. The van der Waals surface area contributed by atoms with E-state index in [9.17, 15) is 9.59 Å². The number of benzene rings is 3. The Labute approximate surface area is 222 Å². The average molecular weight is 506 g/mol. The van der Waals surface area contributed by atoms with Crippen LogP contribution in [-0.4, -0.2) is 21.6 Å². The van der Waals surface area contributed by atoms with Crippen LogP contribution < -0.4 is 16.0 Å². The first-order valence-electron chi connectivity index (χ1n) is 12.6. The molecule has 0 bridgehead atoms. The summed E-state index contributed by atoms with van der Waals surface area (Å²) in [6, 6.07) is 21.1. The minimum atomic E-state index is -0.516. The third kappa shape index (κ3) is 4.83. The van der Waals surface area contributed by atoms with Gasteiger partial charge in [0.05, 0.1) is 11.8 Å². The van der Waals surface area contributed by atoms with E-state index in [-0.39, 0.29) is 11.8 Å². The monoisotopic (exact) mass is 505 g/mol. The molecular formula is C31H31N5O2. The molecule has 0 saturated carbocycles. The fourth-order valence-corrected chi connectivity index (χ4v) is 4.84. The first-order chi connectivity index (χ1) is 18.2. The summed E-state index contributed by atoms with van der Waals surface area (Å²) < 4.78 is 1.72. The van der Waals surface area contributed by atoms with E-state index < -0.39 is 6.04 Å². The van der Waals surface area contributed by atoms with Crippen molar-refractivity contribution in [2.75, 3.05) is 16.0 Å². The maximum Gasteiger partial charge on any atom is 0.261 e. The van der Waals surface area contributed by atoms with Crippen LogP contribution in [0.5, 0.6) is 0 Å². The molecule has 3 N–H and O–H groups in total. The lowest BCUT2D eigenvalue weighted by Crippen LogP contribution is -2.32. The van der Waals surface area contributed by atoms with Gasteiger partial charge in [-0.05, 0) is 63.9 Å². The SMILES string of the molecule is CC1=C(C(=O)Nc2ccc(C)cc2C)[C@H](c2cccc(C)c2)n2ncc(C(=O)Nc3ccc(C)cc3)c2N1. The Balaban J connectivity index is 1.54. The molecule has 0 aliphatic carbocycles. The average Bonchev–Trinajstić information content (AvgIpc) is 3.29. The third-order valence-electron chi connectivity index (χ3n) is 6.81. The lowest BCUT2D eigenvalue weighted by Gasteiger charge is -2.30. The van der Waals surface area contributed by atoms with Gasteiger partial charge < -0.3 is 16.0 Å². The molecular weight excluding hydrogens is 474 g/mol. The van der Waals surface area contributed by atoms with Crippen LogP contribution in [0.25, 0.3) is 0 Å². The molecule has 38 heavy (non-hydrogen) atoms. The van der Waals surface area contributed by atoms with Crippen molar-refractivity contribution in [3.8, 4) is 0 Å². The maximum atomic E-state index is 13.8. The van der Waals surface area contributed by atoms with Crippen LogP contribution >= 0.6 is 0 Å². The molecule has 3 aromatic carbocycles. The third-order valence-corrected chi connectivity index (χ3v) is 6.81. The maximum absolute atomic E-state index is 13.8. The summed E-state index contributed by atoms with van der Waals surface area (Å²) in [6.45, 7) is 9.87. The van der Waals surface area contributed by atoms with Gasteiger partial charge in [-0.2, -0.15) is 5.10 Å². The Morgan fingerprint density at radius 3 is 2.24 bits per heavy atom. The number of fused-ring (bicyclic) bond motifs is 1. The van der Waals surface area contributed by atoms with Crippen molar-refractivity contribution in [2.45, 2.75) is 40.7 Å². The normalized spacial score (nSPS) is 14.5. The first-order valence-corrected chi connectivity index (χ1v) is 12.6. The van der Waals surface area contributed by atoms with Crippen molar-refractivity contribution < 1.29 is 9.59 Å². The molecule has 4 aromatic rings. The number of hydrogen-bond acceptors (Lipinski definition) is 4. The number of carbonyl (C=O) groups is 2. The number of allylic oxidation sites excluding steroid dienone is 1. The van der Waals surface area contributed by atoms with Crippen LogP contribution in [0.15, 0.2) is 84.2 Å². The highest BCUT2D eigenvalue weighted by molar-refractivity contribution is 6.09. The van der Waals surface area contributed by atoms with Crippen LogP contribution in [0.2, 0.25) is 0 Å². The van der Waals surface area contributed by atoms with Crippen molar-refractivity contribution in [1.29, 1.82) is 0 Å². The number of hydrogen-bond donors (Lipinski definition) is 3. The molecule has 0 fully saturated rings. The van der Waals surface area contributed by atoms with Gasteiger partial charge in [0, 0.05) is 17.1 Å². The molecule has 2 heterocycles. The molecule has 2 amide bonds. The highest BCUT2D eigenvalue weighted by Gasteiger charge is 2.35. The minimum Gasteiger partial charge on any atom is -0.343 e. The van der Waals surface area contributed by atoms with E-state index in [0.29, 0.717) is 28.3 Å². The first kappa shape index (κ1) is 25.0. The quantitative estimate of drug-likeness (QED) is 0.297. The lowest BCUT2D eigenvalue weighted by molar-refractivity contribution is -0.113. The molecule has 1 aliphatic rings. The number of rotatable bonds is 5. The molecule has 1 atom stereocenters. The van der Waals surface area contributed by atoms with E-state index in [1.165, 1.54) is 0 Å². The van der Waals surface area contributed by atoms with Gasteiger partial charge in [0.15, 0.2) is 0 Å². The van der Waals surface area contributed by atoms with Gasteiger partial charge in [0.25, 0.3) is 11.8 Å². The highest BCUT2D eigenvalue weighted by Crippen LogP contribution is 2.38. The van der Waals surface area contributed by atoms with Crippen LogP contribution in [0.1, 0.15) is 51.1 Å². The molecule has 1 aromatic heterocycles. The summed E-state index contributed by atoms with van der Waals surface area (Å²) in [5, 5.41) is 13.9. The number of carbonyl (C=O) groups excluding carboxylic acids is 2. The van der Waals surface area contributed by atoms with Crippen molar-refractivity contribution in [3.05, 3.63) is 118 Å². The summed E-state index contributed by atoms with van der Waals surface area (Å²) in [5.41, 5.74) is 8.27. The van der Waals surface area contributed by atoms with Gasteiger partial charge in [0.2, 0.25) is 0 Å². The number of anilines is 3. The standard InChI is InChI=1S/C31H31N5O2/c1-18-9-12-24(13-10-18)34-30(37)25-17-32-36-28(23-8-6-7-19(2)16-23)27(22(5)33-29(25)36)31(38)35-26-14-11-20(3)15-21(26)4/h6-17,28,33H,1-5H3,(H,34,37)(H,35,38)/t28-/m0/s1. The Bertz CT molecular complexity index is 1580. The van der Waals surface area contributed by atoms with Gasteiger partial charge in [-0.15, -0.1) is 0 Å². The smallest absolute Gasteiger partial charge is 0.261 e. The van der Waals surface area contributed by atoms with Crippen molar-refractivity contribution in [1.82, 2.24) is 9.78 Å². The van der Waals surface area contributed by atoms with Crippen molar-refractivity contribution >= 4 is 29.0 Å². The largest absolute Gasteiger partial charge is 0.343 e. The summed E-state index contributed by atoms with van der Waals surface area (Å²) in [5.74, 6) is 0.0449. The molecule has 0 spiro atoms. The van der Waals surface area contributed by atoms with Crippen LogP contribution in [-0.2, 0) is 4.79 Å². The van der Waals surface area contributed by atoms with E-state index >= 15 is 0 Å². The lowest BCUT2D eigenvalue weighted by atomic mass is 9.93. The minimum absolute atomic E-state index is 0.222. The summed E-state index contributed by atoms with van der Waals surface area (Å²) in [6.07, 6.45) is 1.55. The van der Waals surface area contributed by atoms with Crippen LogP contribution in [0.4, 0.5) is 17.2 Å². The Morgan fingerprint density at radius 2 is 1.53 bits per heavy atom. The van der Waals surface area contributed by atoms with Crippen LogP contribution in [0.3, 0.4) is 0 Å². The molecule has 7 heteroatoms. The zero-order valence-corrected chi connectivity index (χ0v) is 22.2. The van der Waals surface area contributed by atoms with Gasteiger partial charge in [-0.3, -0.25) is 9.59 Å². The highest BCUT2D eigenvalue weighted by atomic mass is 16.2. The topological polar surface area (TPSA) is 88.0 Å². The molecule has 0 unspecified atom stereocenters. The Morgan fingerprint density at radius 1 is 0.816 bits per heavy atom. The fraction of sp³-hybridized carbons (Fsp3) is 0.194. The molecule has 5 rings (SSSR count). The van der Waals surface area contributed by atoms with Crippen LogP contribution in [0, 0.1) is 27.7 Å². The van der Waals surface area contributed by atoms with E-state index in [4.69, 9.17) is 0 Å². The number of aromatic nitrogens is 2. The van der Waals surface area contributed by atoms with E-state index in [1.807, 2.05) is 101 Å². The Kier molecular flexibility index (Phi) is 6.59. The van der Waals surface area contributed by atoms with Gasteiger partial charge in [-0.1, -0.05) is 65.2 Å².